The molecule has 1 heterocycles. The van der Waals surface area contributed by atoms with Gasteiger partial charge in [0.1, 0.15) is 11.5 Å². The van der Waals surface area contributed by atoms with Crippen LogP contribution in [-0.4, -0.2) is 21.9 Å². The quantitative estimate of drug-likeness (QED) is 0.864. The lowest BCUT2D eigenvalue weighted by Gasteiger charge is -2.13. The van der Waals surface area contributed by atoms with Gasteiger partial charge in [0, 0.05) is 17.4 Å². The number of amides is 1. The van der Waals surface area contributed by atoms with Gasteiger partial charge in [-0.05, 0) is 44.5 Å². The Kier molecular flexibility index (Phi) is 5.50. The van der Waals surface area contributed by atoms with Gasteiger partial charge in [-0.25, -0.2) is 14.4 Å². The van der Waals surface area contributed by atoms with E-state index >= 15 is 0 Å². The molecular weight excluding hydrogens is 319 g/mol. The number of aryl methyl sites for hydroxylation is 1. The highest BCUT2D eigenvalue weighted by atomic mass is 35.5. The first-order valence-electron chi connectivity index (χ1n) is 7.27. The van der Waals surface area contributed by atoms with Crippen molar-refractivity contribution in [1.29, 1.82) is 0 Å². The van der Waals surface area contributed by atoms with Crippen molar-refractivity contribution >= 4 is 29.1 Å². The lowest BCUT2D eigenvalue weighted by Crippen LogP contribution is -2.19. The monoisotopic (exact) mass is 336 g/mol. The first-order chi connectivity index (χ1) is 10.9. The molecule has 2 rings (SSSR count). The van der Waals surface area contributed by atoms with Gasteiger partial charge in [0.05, 0.1) is 5.02 Å². The Morgan fingerprint density at radius 1 is 1.35 bits per heavy atom. The van der Waals surface area contributed by atoms with E-state index in [0.29, 0.717) is 17.3 Å². The van der Waals surface area contributed by atoms with Gasteiger partial charge in [0.2, 0.25) is 5.95 Å². The molecule has 1 aromatic carbocycles. The first kappa shape index (κ1) is 17.1. The number of anilines is 2. The summed E-state index contributed by atoms with van der Waals surface area (Å²) in [4.78, 5) is 20.8. The Balaban J connectivity index is 2.19. The molecule has 1 atom stereocenters. The number of aromatic nitrogens is 2. The van der Waals surface area contributed by atoms with Crippen LogP contribution in [0.4, 0.5) is 16.0 Å². The summed E-state index contributed by atoms with van der Waals surface area (Å²) in [6.45, 7) is 5.83. The van der Waals surface area contributed by atoms with E-state index in [-0.39, 0.29) is 16.8 Å². The number of halogens is 2. The highest BCUT2D eigenvalue weighted by Gasteiger charge is 2.12. The molecule has 1 amide bonds. The van der Waals surface area contributed by atoms with Gasteiger partial charge in [0.15, 0.2) is 0 Å². The lowest BCUT2D eigenvalue weighted by atomic mass is 10.2. The van der Waals surface area contributed by atoms with Gasteiger partial charge in [0.25, 0.3) is 5.91 Å². The van der Waals surface area contributed by atoms with E-state index in [0.717, 1.165) is 6.42 Å². The predicted octanol–water partition coefficient (Wildman–Crippen LogP) is 4.04. The molecule has 2 N–H and O–H groups in total. The van der Waals surface area contributed by atoms with Crippen molar-refractivity contribution in [1.82, 2.24) is 9.97 Å². The molecular formula is C16H18ClFN4O. The summed E-state index contributed by atoms with van der Waals surface area (Å²) in [6.07, 6.45) is 0.910. The number of carbonyl (C=O) groups is 1. The molecule has 0 saturated heterocycles. The van der Waals surface area contributed by atoms with E-state index in [4.69, 9.17) is 11.6 Å². The molecule has 0 bridgehead atoms. The highest BCUT2D eigenvalue weighted by molar-refractivity contribution is 6.31. The Morgan fingerprint density at radius 3 is 2.74 bits per heavy atom. The van der Waals surface area contributed by atoms with Crippen LogP contribution >= 0.6 is 11.6 Å². The second kappa shape index (κ2) is 7.37. The van der Waals surface area contributed by atoms with Crippen molar-refractivity contribution in [3.05, 3.63) is 46.5 Å². The SMILES string of the molecule is CCC(C)Nc1nc(C)cc(C(=O)Nc2ccc(F)c(Cl)c2)n1. The van der Waals surface area contributed by atoms with E-state index in [1.807, 2.05) is 13.8 Å². The molecule has 0 fully saturated rings. The summed E-state index contributed by atoms with van der Waals surface area (Å²) in [7, 11) is 0. The number of hydrogen-bond donors (Lipinski definition) is 2. The molecule has 1 aromatic heterocycles. The number of hydrogen-bond acceptors (Lipinski definition) is 4. The van der Waals surface area contributed by atoms with Crippen molar-refractivity contribution in [3.8, 4) is 0 Å². The third-order valence-corrected chi connectivity index (χ3v) is 3.54. The van der Waals surface area contributed by atoms with Crippen LogP contribution in [0.1, 0.15) is 36.5 Å². The fourth-order valence-electron chi connectivity index (χ4n) is 1.84. The highest BCUT2D eigenvalue weighted by Crippen LogP contribution is 2.20. The lowest BCUT2D eigenvalue weighted by molar-refractivity contribution is 0.102. The van der Waals surface area contributed by atoms with Crippen molar-refractivity contribution in [2.24, 2.45) is 0 Å². The average Bonchev–Trinajstić information content (AvgIpc) is 2.50. The average molecular weight is 337 g/mol. The minimum atomic E-state index is -0.539. The van der Waals surface area contributed by atoms with Crippen LogP contribution in [0.2, 0.25) is 5.02 Å². The molecule has 7 heteroatoms. The summed E-state index contributed by atoms with van der Waals surface area (Å²) in [5, 5.41) is 5.72. The maximum Gasteiger partial charge on any atom is 0.274 e. The fourth-order valence-corrected chi connectivity index (χ4v) is 2.02. The van der Waals surface area contributed by atoms with Crippen LogP contribution in [0.5, 0.6) is 0 Å². The normalized spacial score (nSPS) is 11.9. The Bertz CT molecular complexity index is 723. The number of rotatable bonds is 5. The molecule has 1 unspecified atom stereocenters. The van der Waals surface area contributed by atoms with E-state index in [1.54, 1.807) is 13.0 Å². The molecule has 0 aliphatic rings. The number of nitrogens with one attached hydrogen (secondary N) is 2. The number of benzene rings is 1. The summed E-state index contributed by atoms with van der Waals surface area (Å²) >= 11 is 5.71. The predicted molar refractivity (Wildman–Crippen MR) is 89.5 cm³/mol. The molecule has 0 saturated carbocycles. The van der Waals surface area contributed by atoms with Crippen LogP contribution in [0, 0.1) is 12.7 Å². The van der Waals surface area contributed by atoms with Crippen molar-refractivity contribution in [3.63, 3.8) is 0 Å². The van der Waals surface area contributed by atoms with Crippen molar-refractivity contribution in [2.45, 2.75) is 33.2 Å². The summed E-state index contributed by atoms with van der Waals surface area (Å²) in [6, 6.07) is 5.76. The van der Waals surface area contributed by atoms with Gasteiger partial charge in [-0.2, -0.15) is 0 Å². The number of nitrogens with zero attached hydrogens (tertiary/aromatic N) is 2. The topological polar surface area (TPSA) is 66.9 Å². The molecule has 0 aliphatic heterocycles. The Labute approximate surface area is 139 Å². The zero-order chi connectivity index (χ0) is 17.0. The second-order valence-corrected chi connectivity index (χ2v) is 5.66. The molecule has 2 aromatic rings. The van der Waals surface area contributed by atoms with Gasteiger partial charge < -0.3 is 10.6 Å². The first-order valence-corrected chi connectivity index (χ1v) is 7.65. The van der Waals surface area contributed by atoms with Crippen LogP contribution in [0.25, 0.3) is 0 Å². The summed E-state index contributed by atoms with van der Waals surface area (Å²) < 4.78 is 13.1. The molecule has 23 heavy (non-hydrogen) atoms. The van der Waals surface area contributed by atoms with Gasteiger partial charge in [-0.3, -0.25) is 4.79 Å². The van der Waals surface area contributed by atoms with Crippen molar-refractivity contribution < 1.29 is 9.18 Å². The van der Waals surface area contributed by atoms with E-state index < -0.39 is 11.7 Å². The minimum absolute atomic E-state index is 0.0548. The Hall–Kier alpha value is -2.21. The van der Waals surface area contributed by atoms with Crippen molar-refractivity contribution in [2.75, 3.05) is 10.6 Å². The summed E-state index contributed by atoms with van der Waals surface area (Å²) in [5.74, 6) is -0.547. The number of carbonyl (C=O) groups excluding carboxylic acids is 1. The zero-order valence-corrected chi connectivity index (χ0v) is 13.9. The zero-order valence-electron chi connectivity index (χ0n) is 13.2. The van der Waals surface area contributed by atoms with Gasteiger partial charge in [-0.15, -0.1) is 0 Å². The summed E-state index contributed by atoms with van der Waals surface area (Å²) in [5.41, 5.74) is 1.30. The van der Waals surface area contributed by atoms with E-state index in [1.165, 1.54) is 18.2 Å². The van der Waals surface area contributed by atoms with E-state index in [9.17, 15) is 9.18 Å². The largest absolute Gasteiger partial charge is 0.352 e. The maximum absolute atomic E-state index is 13.1. The van der Waals surface area contributed by atoms with E-state index in [2.05, 4.69) is 20.6 Å². The standard InChI is InChI=1S/C16H18ClFN4O/c1-4-9(2)19-16-20-10(3)7-14(22-16)15(23)21-11-5-6-13(18)12(17)8-11/h5-9H,4H2,1-3H3,(H,21,23)(H,19,20,22). The Morgan fingerprint density at radius 2 is 2.09 bits per heavy atom. The van der Waals surface area contributed by atoms with Crippen LogP contribution in [0.3, 0.4) is 0 Å². The van der Waals surface area contributed by atoms with Gasteiger partial charge >= 0.3 is 0 Å². The van der Waals surface area contributed by atoms with Crippen LogP contribution in [-0.2, 0) is 0 Å². The van der Waals surface area contributed by atoms with Gasteiger partial charge in [-0.1, -0.05) is 18.5 Å². The molecule has 0 radical (unpaired) electrons. The minimum Gasteiger partial charge on any atom is -0.352 e. The third kappa shape index (κ3) is 4.63. The van der Waals surface area contributed by atoms with Crippen LogP contribution in [0.15, 0.2) is 24.3 Å². The molecule has 0 spiro atoms. The second-order valence-electron chi connectivity index (χ2n) is 5.25. The molecule has 0 aliphatic carbocycles. The fraction of sp³-hybridized carbons (Fsp3) is 0.312. The molecule has 122 valence electrons. The maximum atomic E-state index is 13.1. The smallest absolute Gasteiger partial charge is 0.274 e. The van der Waals surface area contributed by atoms with Crippen LogP contribution < -0.4 is 10.6 Å². The molecule has 5 nitrogen and oxygen atoms in total. The third-order valence-electron chi connectivity index (χ3n) is 3.25.